The van der Waals surface area contributed by atoms with Gasteiger partial charge in [-0.15, -0.1) is 11.3 Å². The lowest BCUT2D eigenvalue weighted by Gasteiger charge is -2.08. The molecule has 0 bridgehead atoms. The maximum Gasteiger partial charge on any atom is 0.349 e. The summed E-state index contributed by atoms with van der Waals surface area (Å²) in [4.78, 5) is 16.0. The standard InChI is InChI=1S/C16H14N2O4S2/c1-22-16(19)14-15(12-6-2-3-7-13(12)23-14)24(20,21)18-10-11-5-4-8-17-9-11/h2-9,18H,10H2,1H3. The van der Waals surface area contributed by atoms with Gasteiger partial charge in [0.05, 0.1) is 7.11 Å². The molecule has 24 heavy (non-hydrogen) atoms. The SMILES string of the molecule is COC(=O)c1sc2ccccc2c1S(=O)(=O)NCc1cccnc1. The highest BCUT2D eigenvalue weighted by Crippen LogP contribution is 2.35. The smallest absolute Gasteiger partial charge is 0.349 e. The Labute approximate surface area is 143 Å². The molecular formula is C16H14N2O4S2. The molecule has 3 rings (SSSR count). The van der Waals surface area contributed by atoms with Crippen LogP contribution in [0.2, 0.25) is 0 Å². The van der Waals surface area contributed by atoms with Crippen LogP contribution < -0.4 is 4.72 Å². The minimum Gasteiger partial charge on any atom is -0.465 e. The molecule has 2 aromatic heterocycles. The summed E-state index contributed by atoms with van der Waals surface area (Å²) < 4.78 is 33.5. The van der Waals surface area contributed by atoms with Gasteiger partial charge in [0.1, 0.15) is 9.77 Å². The van der Waals surface area contributed by atoms with Crippen molar-refractivity contribution in [3.05, 3.63) is 59.2 Å². The molecule has 0 spiro atoms. The van der Waals surface area contributed by atoms with E-state index in [-0.39, 0.29) is 16.3 Å². The van der Waals surface area contributed by atoms with Gasteiger partial charge in [0.15, 0.2) is 0 Å². The molecule has 2 heterocycles. The summed E-state index contributed by atoms with van der Waals surface area (Å²) in [6, 6.07) is 10.5. The van der Waals surface area contributed by atoms with Crippen molar-refractivity contribution in [2.45, 2.75) is 11.4 Å². The van der Waals surface area contributed by atoms with E-state index in [1.165, 1.54) is 7.11 Å². The van der Waals surface area contributed by atoms with E-state index in [4.69, 9.17) is 4.74 Å². The number of carbonyl (C=O) groups is 1. The fourth-order valence-corrected chi connectivity index (χ4v) is 5.10. The van der Waals surface area contributed by atoms with E-state index in [1.807, 2.05) is 0 Å². The number of aromatic nitrogens is 1. The molecule has 0 saturated carbocycles. The highest BCUT2D eigenvalue weighted by molar-refractivity contribution is 7.90. The third-order valence-electron chi connectivity index (χ3n) is 3.38. The lowest BCUT2D eigenvalue weighted by Crippen LogP contribution is -2.24. The van der Waals surface area contributed by atoms with Crippen molar-refractivity contribution in [1.29, 1.82) is 0 Å². The monoisotopic (exact) mass is 362 g/mol. The average Bonchev–Trinajstić information content (AvgIpc) is 3.00. The van der Waals surface area contributed by atoms with Gasteiger partial charge in [-0.3, -0.25) is 4.98 Å². The lowest BCUT2D eigenvalue weighted by molar-refractivity contribution is 0.0602. The first-order valence-corrected chi connectivity index (χ1v) is 9.31. The molecule has 0 unspecified atom stereocenters. The van der Waals surface area contributed by atoms with E-state index >= 15 is 0 Å². The average molecular weight is 362 g/mol. The number of nitrogens with one attached hydrogen (secondary N) is 1. The zero-order valence-electron chi connectivity index (χ0n) is 12.7. The maximum absolute atomic E-state index is 12.8. The maximum atomic E-state index is 12.8. The van der Waals surface area contributed by atoms with Crippen molar-refractivity contribution in [3.8, 4) is 0 Å². The first-order chi connectivity index (χ1) is 11.5. The molecule has 0 aliphatic heterocycles. The molecule has 0 aliphatic rings. The summed E-state index contributed by atoms with van der Waals surface area (Å²) in [5.74, 6) is -0.669. The molecule has 124 valence electrons. The molecule has 6 nitrogen and oxygen atoms in total. The van der Waals surface area contributed by atoms with Crippen LogP contribution in [0.5, 0.6) is 0 Å². The number of ether oxygens (including phenoxy) is 1. The van der Waals surface area contributed by atoms with E-state index in [0.717, 1.165) is 16.9 Å². The third-order valence-corrected chi connectivity index (χ3v) is 6.14. The Kier molecular flexibility index (Phi) is 4.61. The number of rotatable bonds is 5. The number of thiophene rings is 1. The largest absolute Gasteiger partial charge is 0.465 e. The van der Waals surface area contributed by atoms with Crippen LogP contribution in [0.4, 0.5) is 0 Å². The third kappa shape index (κ3) is 3.16. The number of nitrogens with zero attached hydrogens (tertiary/aromatic N) is 1. The lowest BCUT2D eigenvalue weighted by atomic mass is 10.2. The molecule has 0 atom stereocenters. The van der Waals surface area contributed by atoms with E-state index in [0.29, 0.717) is 10.1 Å². The van der Waals surface area contributed by atoms with E-state index in [2.05, 4.69) is 9.71 Å². The van der Waals surface area contributed by atoms with Gasteiger partial charge in [-0.2, -0.15) is 0 Å². The minimum absolute atomic E-state index is 0.0427. The molecule has 3 aromatic rings. The Balaban J connectivity index is 2.04. The van der Waals surface area contributed by atoms with Crippen LogP contribution in [-0.2, 0) is 21.3 Å². The number of benzene rings is 1. The first kappa shape index (κ1) is 16.6. The Morgan fingerprint density at radius 1 is 1.25 bits per heavy atom. The zero-order valence-corrected chi connectivity index (χ0v) is 14.4. The van der Waals surface area contributed by atoms with Gasteiger partial charge >= 0.3 is 5.97 Å². The Hall–Kier alpha value is -2.29. The summed E-state index contributed by atoms with van der Waals surface area (Å²) in [5.41, 5.74) is 0.722. The van der Waals surface area contributed by atoms with Gasteiger partial charge in [0.2, 0.25) is 10.0 Å². The Morgan fingerprint density at radius 2 is 2.04 bits per heavy atom. The number of hydrogen-bond donors (Lipinski definition) is 1. The van der Waals surface area contributed by atoms with E-state index in [1.54, 1.807) is 48.8 Å². The van der Waals surface area contributed by atoms with Crippen molar-refractivity contribution in [2.75, 3.05) is 7.11 Å². The van der Waals surface area contributed by atoms with Crippen molar-refractivity contribution in [3.63, 3.8) is 0 Å². The number of pyridine rings is 1. The first-order valence-electron chi connectivity index (χ1n) is 7.01. The fourth-order valence-electron chi connectivity index (χ4n) is 2.27. The molecule has 0 fully saturated rings. The molecule has 1 N–H and O–H groups in total. The van der Waals surface area contributed by atoms with E-state index < -0.39 is 16.0 Å². The molecule has 8 heteroatoms. The molecule has 0 saturated heterocycles. The van der Waals surface area contributed by atoms with Gasteiger partial charge in [-0.25, -0.2) is 17.9 Å². The van der Waals surface area contributed by atoms with Crippen LogP contribution in [0.25, 0.3) is 10.1 Å². The molecule has 0 amide bonds. The number of hydrogen-bond acceptors (Lipinski definition) is 6. The van der Waals surface area contributed by atoms with Crippen molar-refractivity contribution < 1.29 is 17.9 Å². The van der Waals surface area contributed by atoms with Crippen LogP contribution in [0, 0.1) is 0 Å². The molecule has 1 aromatic carbocycles. The van der Waals surface area contributed by atoms with E-state index in [9.17, 15) is 13.2 Å². The summed E-state index contributed by atoms with van der Waals surface area (Å²) in [5, 5.41) is 0.501. The Bertz CT molecular complexity index is 982. The minimum atomic E-state index is -3.90. The van der Waals surface area contributed by atoms with Crippen molar-refractivity contribution in [1.82, 2.24) is 9.71 Å². The highest BCUT2D eigenvalue weighted by Gasteiger charge is 2.28. The molecule has 0 aliphatic carbocycles. The Morgan fingerprint density at radius 3 is 2.75 bits per heavy atom. The topological polar surface area (TPSA) is 85.4 Å². The number of sulfonamides is 1. The number of esters is 1. The number of carbonyl (C=O) groups excluding carboxylic acids is 1. The van der Waals surface area contributed by atoms with Crippen molar-refractivity contribution >= 4 is 37.4 Å². The number of fused-ring (bicyclic) bond motifs is 1. The van der Waals surface area contributed by atoms with Gasteiger partial charge < -0.3 is 4.74 Å². The quantitative estimate of drug-likeness (QED) is 0.705. The van der Waals surface area contributed by atoms with Crippen LogP contribution in [-0.4, -0.2) is 26.5 Å². The summed E-state index contributed by atoms with van der Waals surface area (Å²) >= 11 is 1.10. The van der Waals surface area contributed by atoms with Gasteiger partial charge in [-0.1, -0.05) is 24.3 Å². The van der Waals surface area contributed by atoms with Crippen molar-refractivity contribution in [2.24, 2.45) is 0 Å². The normalized spacial score (nSPS) is 11.5. The second-order valence-electron chi connectivity index (χ2n) is 4.93. The summed E-state index contributed by atoms with van der Waals surface area (Å²) in [6.45, 7) is 0.0843. The van der Waals surface area contributed by atoms with Crippen LogP contribution in [0.3, 0.4) is 0 Å². The fraction of sp³-hybridized carbons (Fsp3) is 0.125. The van der Waals surface area contributed by atoms with Crippen LogP contribution >= 0.6 is 11.3 Å². The second-order valence-corrected chi connectivity index (χ2v) is 7.69. The molecular weight excluding hydrogens is 348 g/mol. The number of methoxy groups -OCH3 is 1. The van der Waals surface area contributed by atoms with Crippen LogP contribution in [0.1, 0.15) is 15.2 Å². The van der Waals surface area contributed by atoms with Crippen LogP contribution in [0.15, 0.2) is 53.7 Å². The second kappa shape index (κ2) is 6.68. The highest BCUT2D eigenvalue weighted by atomic mass is 32.2. The molecule has 0 radical (unpaired) electrons. The van der Waals surface area contributed by atoms with Gasteiger partial charge in [0.25, 0.3) is 0 Å². The predicted molar refractivity (Wildman–Crippen MR) is 91.4 cm³/mol. The van der Waals surface area contributed by atoms with Gasteiger partial charge in [-0.05, 0) is 17.7 Å². The summed E-state index contributed by atoms with van der Waals surface area (Å²) in [6.07, 6.45) is 3.19. The summed E-state index contributed by atoms with van der Waals surface area (Å²) in [7, 11) is -2.67. The predicted octanol–water partition coefficient (Wildman–Crippen LogP) is 2.56. The van der Waals surface area contributed by atoms with Gasteiger partial charge in [0, 0.05) is 29.0 Å². The zero-order chi connectivity index (χ0) is 17.2.